The van der Waals surface area contributed by atoms with Crippen LogP contribution in [0.4, 0.5) is 15.8 Å². The molecule has 0 saturated carbocycles. The average Bonchev–Trinajstić information content (AvgIpc) is 2.35. The number of anilines is 2. The summed E-state index contributed by atoms with van der Waals surface area (Å²) in [4.78, 5) is 0.00287. The number of benzene rings is 2. The topological polar surface area (TPSA) is 72.2 Å². The molecule has 0 saturated heterocycles. The Morgan fingerprint density at radius 1 is 1.10 bits per heavy atom. The van der Waals surface area contributed by atoms with E-state index in [0.29, 0.717) is 8.95 Å². The maximum atomic E-state index is 13.6. The van der Waals surface area contributed by atoms with Crippen LogP contribution in [0.3, 0.4) is 0 Å². The molecule has 0 aromatic heterocycles. The van der Waals surface area contributed by atoms with Gasteiger partial charge < -0.3 is 5.73 Å². The van der Waals surface area contributed by atoms with Crippen molar-refractivity contribution in [3.05, 3.63) is 51.2 Å². The van der Waals surface area contributed by atoms with E-state index in [1.54, 1.807) is 12.1 Å². The van der Waals surface area contributed by atoms with Gasteiger partial charge in [-0.2, -0.15) is 0 Å². The second-order valence-electron chi connectivity index (χ2n) is 3.92. The van der Waals surface area contributed by atoms with Gasteiger partial charge in [0.05, 0.1) is 5.69 Å². The lowest BCUT2D eigenvalue weighted by Gasteiger charge is -2.11. The van der Waals surface area contributed by atoms with Crippen LogP contribution in [0.2, 0.25) is 0 Å². The minimum absolute atomic E-state index is 0.00287. The Kier molecular flexibility index (Phi) is 4.36. The number of halogens is 3. The monoisotopic (exact) mass is 422 g/mol. The smallest absolute Gasteiger partial charge is 0.263 e. The molecule has 4 nitrogen and oxygen atoms in total. The van der Waals surface area contributed by atoms with Crippen molar-refractivity contribution >= 4 is 53.3 Å². The van der Waals surface area contributed by atoms with Crippen molar-refractivity contribution in [2.75, 3.05) is 10.5 Å². The minimum atomic E-state index is -3.91. The molecule has 3 N–H and O–H groups in total. The van der Waals surface area contributed by atoms with Gasteiger partial charge in [0.15, 0.2) is 0 Å². The van der Waals surface area contributed by atoms with Crippen molar-refractivity contribution in [1.29, 1.82) is 0 Å². The second kappa shape index (κ2) is 5.71. The molecule has 0 spiro atoms. The average molecular weight is 424 g/mol. The van der Waals surface area contributed by atoms with Crippen LogP contribution in [-0.4, -0.2) is 8.42 Å². The first-order valence-corrected chi connectivity index (χ1v) is 8.39. The normalized spacial score (nSPS) is 11.3. The van der Waals surface area contributed by atoms with Gasteiger partial charge in [-0.05, 0) is 52.3 Å². The Bertz CT molecular complexity index is 766. The SMILES string of the molecule is Nc1ccc(NS(=O)(=O)c2cc(Br)ccc2Br)c(F)c1. The quantitative estimate of drug-likeness (QED) is 0.738. The zero-order valence-electron chi connectivity index (χ0n) is 9.90. The molecule has 0 heterocycles. The van der Waals surface area contributed by atoms with Gasteiger partial charge in [0.25, 0.3) is 10.0 Å². The third-order valence-corrected chi connectivity index (χ3v) is 5.27. The number of sulfonamides is 1. The number of nitrogen functional groups attached to an aromatic ring is 1. The number of nitrogens with one attached hydrogen (secondary N) is 1. The lowest BCUT2D eigenvalue weighted by molar-refractivity contribution is 0.598. The molecule has 0 fully saturated rings. The van der Waals surface area contributed by atoms with Gasteiger partial charge in [-0.3, -0.25) is 4.72 Å². The van der Waals surface area contributed by atoms with Crippen LogP contribution in [0.1, 0.15) is 0 Å². The maximum absolute atomic E-state index is 13.6. The molecule has 2 aromatic rings. The number of rotatable bonds is 3. The van der Waals surface area contributed by atoms with E-state index in [9.17, 15) is 12.8 Å². The van der Waals surface area contributed by atoms with E-state index >= 15 is 0 Å². The Hall–Kier alpha value is -1.12. The van der Waals surface area contributed by atoms with Gasteiger partial charge in [-0.15, -0.1) is 0 Å². The first-order valence-electron chi connectivity index (χ1n) is 5.32. The van der Waals surface area contributed by atoms with E-state index in [-0.39, 0.29) is 16.3 Å². The van der Waals surface area contributed by atoms with Crippen molar-refractivity contribution in [2.45, 2.75) is 4.90 Å². The predicted octanol–water partition coefficient (Wildman–Crippen LogP) is 3.73. The highest BCUT2D eigenvalue weighted by Gasteiger charge is 2.19. The molecule has 0 radical (unpaired) electrons. The number of nitrogens with two attached hydrogens (primary N) is 1. The summed E-state index contributed by atoms with van der Waals surface area (Å²) in [5, 5.41) is 0. The van der Waals surface area contributed by atoms with E-state index in [0.717, 1.165) is 6.07 Å². The highest BCUT2D eigenvalue weighted by atomic mass is 79.9. The van der Waals surface area contributed by atoms with E-state index in [1.165, 1.54) is 18.2 Å². The van der Waals surface area contributed by atoms with Crippen LogP contribution in [0.25, 0.3) is 0 Å². The van der Waals surface area contributed by atoms with Gasteiger partial charge in [0.1, 0.15) is 10.7 Å². The van der Waals surface area contributed by atoms with Crippen molar-refractivity contribution in [3.63, 3.8) is 0 Å². The molecular weight excluding hydrogens is 415 g/mol. The Labute approximate surface area is 132 Å². The predicted molar refractivity (Wildman–Crippen MR) is 83.5 cm³/mol. The van der Waals surface area contributed by atoms with Gasteiger partial charge in [0.2, 0.25) is 0 Å². The minimum Gasteiger partial charge on any atom is -0.399 e. The second-order valence-corrected chi connectivity index (χ2v) is 7.34. The van der Waals surface area contributed by atoms with Crippen LogP contribution in [0.5, 0.6) is 0 Å². The summed E-state index contributed by atoms with van der Waals surface area (Å²) in [5.41, 5.74) is 5.47. The first-order chi connectivity index (χ1) is 9.29. The summed E-state index contributed by atoms with van der Waals surface area (Å²) in [6, 6.07) is 8.42. The van der Waals surface area contributed by atoms with E-state index in [4.69, 9.17) is 5.73 Å². The zero-order chi connectivity index (χ0) is 14.9. The summed E-state index contributed by atoms with van der Waals surface area (Å²) in [6.45, 7) is 0. The standard InChI is InChI=1S/C12H9Br2FN2O2S/c13-7-1-3-9(14)12(5-7)20(18,19)17-11-4-2-8(16)6-10(11)15/h1-6,17H,16H2. The summed E-state index contributed by atoms with van der Waals surface area (Å²) in [7, 11) is -3.91. The largest absolute Gasteiger partial charge is 0.399 e. The third kappa shape index (κ3) is 3.31. The van der Waals surface area contributed by atoms with Crippen LogP contribution < -0.4 is 10.5 Å². The number of hydrogen-bond acceptors (Lipinski definition) is 3. The Morgan fingerprint density at radius 2 is 1.80 bits per heavy atom. The van der Waals surface area contributed by atoms with Crippen molar-refractivity contribution < 1.29 is 12.8 Å². The first kappa shape index (κ1) is 15.3. The molecule has 20 heavy (non-hydrogen) atoms. The van der Waals surface area contributed by atoms with Crippen LogP contribution in [0.15, 0.2) is 50.2 Å². The maximum Gasteiger partial charge on any atom is 0.263 e. The molecule has 2 aromatic carbocycles. The number of hydrogen-bond donors (Lipinski definition) is 2. The van der Waals surface area contributed by atoms with Gasteiger partial charge >= 0.3 is 0 Å². The molecule has 8 heteroatoms. The van der Waals surface area contributed by atoms with Crippen LogP contribution in [-0.2, 0) is 10.0 Å². The highest BCUT2D eigenvalue weighted by Crippen LogP contribution is 2.28. The molecule has 106 valence electrons. The molecular formula is C12H9Br2FN2O2S. The fourth-order valence-corrected chi connectivity index (χ4v) is 4.07. The molecule has 0 unspecified atom stereocenters. The Balaban J connectivity index is 2.43. The van der Waals surface area contributed by atoms with E-state index in [1.807, 2.05) is 0 Å². The summed E-state index contributed by atoms with van der Waals surface area (Å²) in [6.07, 6.45) is 0. The fourth-order valence-electron chi connectivity index (χ4n) is 1.50. The van der Waals surface area contributed by atoms with Crippen molar-refractivity contribution in [3.8, 4) is 0 Å². The summed E-state index contributed by atoms with van der Waals surface area (Å²) >= 11 is 6.35. The van der Waals surface area contributed by atoms with E-state index in [2.05, 4.69) is 36.6 Å². The highest BCUT2D eigenvalue weighted by molar-refractivity contribution is 9.11. The Morgan fingerprint density at radius 3 is 2.45 bits per heavy atom. The van der Waals surface area contributed by atoms with Gasteiger partial charge in [0, 0.05) is 14.6 Å². The molecule has 2 rings (SSSR count). The molecule has 0 amide bonds. The molecule has 0 bridgehead atoms. The zero-order valence-corrected chi connectivity index (χ0v) is 13.9. The molecule has 0 aliphatic carbocycles. The van der Waals surface area contributed by atoms with Crippen molar-refractivity contribution in [1.82, 2.24) is 0 Å². The molecule has 0 atom stereocenters. The van der Waals surface area contributed by atoms with E-state index < -0.39 is 15.8 Å². The summed E-state index contributed by atoms with van der Waals surface area (Å²) in [5.74, 6) is -0.736. The van der Waals surface area contributed by atoms with Gasteiger partial charge in [-0.1, -0.05) is 15.9 Å². The lowest BCUT2D eigenvalue weighted by atomic mass is 10.3. The molecule has 0 aliphatic heterocycles. The van der Waals surface area contributed by atoms with Crippen LogP contribution in [0, 0.1) is 5.82 Å². The lowest BCUT2D eigenvalue weighted by Crippen LogP contribution is -2.14. The third-order valence-electron chi connectivity index (χ3n) is 2.42. The van der Waals surface area contributed by atoms with Crippen LogP contribution >= 0.6 is 31.9 Å². The summed E-state index contributed by atoms with van der Waals surface area (Å²) < 4.78 is 41.3. The van der Waals surface area contributed by atoms with Gasteiger partial charge in [-0.25, -0.2) is 12.8 Å². The fraction of sp³-hybridized carbons (Fsp3) is 0. The molecule has 0 aliphatic rings. The van der Waals surface area contributed by atoms with Crippen molar-refractivity contribution in [2.24, 2.45) is 0 Å².